The van der Waals surface area contributed by atoms with E-state index in [2.05, 4.69) is 16.3 Å². The van der Waals surface area contributed by atoms with Crippen molar-refractivity contribution in [3.05, 3.63) is 29.3 Å². The number of nitrogens with zero attached hydrogens (tertiary/aromatic N) is 2. The van der Waals surface area contributed by atoms with Crippen molar-refractivity contribution in [1.82, 2.24) is 10.2 Å². The van der Waals surface area contributed by atoms with Crippen LogP contribution in [0, 0.1) is 5.92 Å². The molecule has 3 rings (SSSR count). The average Bonchev–Trinajstić information content (AvgIpc) is 3.06. The van der Waals surface area contributed by atoms with E-state index in [0.29, 0.717) is 18.2 Å². The van der Waals surface area contributed by atoms with Crippen LogP contribution in [0.2, 0.25) is 5.02 Å². The lowest BCUT2D eigenvalue weighted by molar-refractivity contribution is -0.131. The molecule has 23 heavy (non-hydrogen) atoms. The van der Waals surface area contributed by atoms with Crippen molar-refractivity contribution in [3.8, 4) is 0 Å². The second-order valence-corrected chi connectivity index (χ2v) is 6.68. The van der Waals surface area contributed by atoms with E-state index >= 15 is 0 Å². The van der Waals surface area contributed by atoms with Crippen LogP contribution in [0.5, 0.6) is 0 Å². The minimum Gasteiger partial charge on any atom is -0.368 e. The normalized spacial score (nSPS) is 21.2. The van der Waals surface area contributed by atoms with Gasteiger partial charge in [0.2, 0.25) is 5.91 Å². The van der Waals surface area contributed by atoms with Gasteiger partial charge in [-0.2, -0.15) is 0 Å². The molecule has 0 radical (unpaired) electrons. The Hall–Kier alpha value is -0.970. The summed E-state index contributed by atoms with van der Waals surface area (Å²) in [6.45, 7) is 5.59. The highest BCUT2D eigenvalue weighted by atomic mass is 35.5. The van der Waals surface area contributed by atoms with Crippen molar-refractivity contribution in [3.63, 3.8) is 0 Å². The van der Waals surface area contributed by atoms with Crippen LogP contribution in [0.1, 0.15) is 19.3 Å². The number of amides is 1. The first-order valence-electron chi connectivity index (χ1n) is 8.21. The number of hydrogen-bond acceptors (Lipinski definition) is 3. The van der Waals surface area contributed by atoms with Gasteiger partial charge in [-0.1, -0.05) is 17.7 Å². The van der Waals surface area contributed by atoms with E-state index in [1.54, 1.807) is 0 Å². The first-order chi connectivity index (χ1) is 10.7. The molecule has 1 atom stereocenters. The Kier molecular flexibility index (Phi) is 7.00. The summed E-state index contributed by atoms with van der Waals surface area (Å²) in [6, 6.07) is 7.94. The molecule has 1 unspecified atom stereocenters. The first kappa shape index (κ1) is 18.4. The maximum absolute atomic E-state index is 12.3. The lowest BCUT2D eigenvalue weighted by atomic mass is 10.0. The first-order valence-corrected chi connectivity index (χ1v) is 8.59. The molecule has 2 aliphatic rings. The van der Waals surface area contributed by atoms with Gasteiger partial charge >= 0.3 is 0 Å². The van der Waals surface area contributed by atoms with E-state index in [1.165, 1.54) is 6.42 Å². The van der Waals surface area contributed by atoms with Crippen LogP contribution in [0.25, 0.3) is 0 Å². The van der Waals surface area contributed by atoms with Crippen LogP contribution in [0.4, 0.5) is 5.69 Å². The molecule has 0 aliphatic carbocycles. The number of carbonyl (C=O) groups is 1. The molecule has 2 saturated heterocycles. The maximum atomic E-state index is 12.3. The number of anilines is 1. The molecule has 128 valence electrons. The molecule has 0 saturated carbocycles. The summed E-state index contributed by atoms with van der Waals surface area (Å²) in [5.41, 5.74) is 1.15. The van der Waals surface area contributed by atoms with Crippen molar-refractivity contribution in [2.45, 2.75) is 19.3 Å². The second-order valence-electron chi connectivity index (χ2n) is 6.25. The molecule has 2 fully saturated rings. The van der Waals surface area contributed by atoms with Crippen molar-refractivity contribution >= 4 is 35.6 Å². The predicted molar refractivity (Wildman–Crippen MR) is 97.7 cm³/mol. The average molecular weight is 358 g/mol. The van der Waals surface area contributed by atoms with E-state index in [0.717, 1.165) is 56.4 Å². The van der Waals surface area contributed by atoms with Crippen LogP contribution in [0.15, 0.2) is 24.3 Å². The summed E-state index contributed by atoms with van der Waals surface area (Å²) in [4.78, 5) is 16.6. The molecule has 4 nitrogen and oxygen atoms in total. The Balaban J connectivity index is 0.00000192. The monoisotopic (exact) mass is 357 g/mol. The highest BCUT2D eigenvalue weighted by Crippen LogP contribution is 2.21. The van der Waals surface area contributed by atoms with Gasteiger partial charge in [0.15, 0.2) is 0 Å². The van der Waals surface area contributed by atoms with Crippen LogP contribution < -0.4 is 10.2 Å². The smallest absolute Gasteiger partial charge is 0.222 e. The topological polar surface area (TPSA) is 35.6 Å². The van der Waals surface area contributed by atoms with E-state index in [1.807, 2.05) is 23.1 Å². The molecule has 2 heterocycles. The lowest BCUT2D eigenvalue weighted by Crippen LogP contribution is -2.48. The zero-order chi connectivity index (χ0) is 15.4. The van der Waals surface area contributed by atoms with Gasteiger partial charge < -0.3 is 15.1 Å². The molecule has 1 amide bonds. The predicted octanol–water partition coefficient (Wildman–Crippen LogP) is 2.80. The van der Waals surface area contributed by atoms with Crippen molar-refractivity contribution in [2.24, 2.45) is 5.92 Å². The summed E-state index contributed by atoms with van der Waals surface area (Å²) in [6.07, 6.45) is 2.94. The standard InChI is InChI=1S/C17H24ClN3O.ClH/c18-15-2-1-3-16(12-15)20-8-10-21(11-9-20)17(22)5-4-14-6-7-19-13-14;/h1-3,12,14,19H,4-11,13H2;1H. The summed E-state index contributed by atoms with van der Waals surface area (Å²) in [7, 11) is 0. The number of carbonyl (C=O) groups excluding carboxylic acids is 1. The van der Waals surface area contributed by atoms with Gasteiger partial charge in [-0.3, -0.25) is 4.79 Å². The minimum atomic E-state index is 0. The molecule has 0 spiro atoms. The van der Waals surface area contributed by atoms with Crippen molar-refractivity contribution < 1.29 is 4.79 Å². The van der Waals surface area contributed by atoms with Crippen molar-refractivity contribution in [2.75, 3.05) is 44.2 Å². The van der Waals surface area contributed by atoms with Crippen LogP contribution in [-0.2, 0) is 4.79 Å². The van der Waals surface area contributed by atoms with Crippen LogP contribution >= 0.6 is 24.0 Å². The lowest BCUT2D eigenvalue weighted by Gasteiger charge is -2.36. The molecule has 0 aromatic heterocycles. The van der Waals surface area contributed by atoms with Crippen molar-refractivity contribution in [1.29, 1.82) is 0 Å². The SMILES string of the molecule is Cl.O=C(CCC1CCNC1)N1CCN(c2cccc(Cl)c2)CC1. The maximum Gasteiger partial charge on any atom is 0.222 e. The number of rotatable bonds is 4. The molecule has 2 aliphatic heterocycles. The third-order valence-corrected chi connectivity index (χ3v) is 4.97. The Morgan fingerprint density at radius 3 is 2.70 bits per heavy atom. The fourth-order valence-electron chi connectivity index (χ4n) is 3.33. The molecule has 6 heteroatoms. The Morgan fingerprint density at radius 1 is 1.26 bits per heavy atom. The third-order valence-electron chi connectivity index (χ3n) is 4.73. The molecular weight excluding hydrogens is 333 g/mol. The van der Waals surface area contributed by atoms with Crippen LogP contribution in [-0.4, -0.2) is 50.1 Å². The van der Waals surface area contributed by atoms with Gasteiger partial charge in [-0.25, -0.2) is 0 Å². The molecular formula is C17H25Cl2N3O. The zero-order valence-corrected chi connectivity index (χ0v) is 14.9. The molecule has 0 bridgehead atoms. The zero-order valence-electron chi connectivity index (χ0n) is 13.3. The van der Waals surface area contributed by atoms with Gasteiger partial charge in [0.1, 0.15) is 0 Å². The Bertz CT molecular complexity index is 512. The molecule has 1 N–H and O–H groups in total. The summed E-state index contributed by atoms with van der Waals surface area (Å²) in [5, 5.41) is 4.13. The van der Waals surface area contributed by atoms with Gasteiger partial charge in [-0.15, -0.1) is 12.4 Å². The number of piperazine rings is 1. The van der Waals surface area contributed by atoms with E-state index in [9.17, 15) is 4.79 Å². The third kappa shape index (κ3) is 5.00. The van der Waals surface area contributed by atoms with Gasteiger partial charge in [0.25, 0.3) is 0 Å². The fourth-order valence-corrected chi connectivity index (χ4v) is 3.52. The Labute approximate surface area is 149 Å². The summed E-state index contributed by atoms with van der Waals surface area (Å²) < 4.78 is 0. The minimum absolute atomic E-state index is 0. The fraction of sp³-hybridized carbons (Fsp3) is 0.588. The second kappa shape index (κ2) is 8.76. The van der Waals surface area contributed by atoms with Gasteiger partial charge in [-0.05, 0) is 50.0 Å². The highest BCUT2D eigenvalue weighted by molar-refractivity contribution is 6.30. The molecule has 1 aromatic rings. The summed E-state index contributed by atoms with van der Waals surface area (Å²) >= 11 is 6.05. The highest BCUT2D eigenvalue weighted by Gasteiger charge is 2.23. The quantitative estimate of drug-likeness (QED) is 0.899. The van der Waals surface area contributed by atoms with E-state index in [4.69, 9.17) is 11.6 Å². The van der Waals surface area contributed by atoms with Gasteiger partial charge in [0.05, 0.1) is 0 Å². The molecule has 1 aromatic carbocycles. The largest absolute Gasteiger partial charge is 0.368 e. The van der Waals surface area contributed by atoms with Gasteiger partial charge in [0, 0.05) is 43.3 Å². The van der Waals surface area contributed by atoms with E-state index in [-0.39, 0.29) is 12.4 Å². The van der Waals surface area contributed by atoms with E-state index < -0.39 is 0 Å². The Morgan fingerprint density at radius 2 is 2.04 bits per heavy atom. The summed E-state index contributed by atoms with van der Waals surface area (Å²) in [5.74, 6) is 1.01. The number of halogens is 2. The van der Waals surface area contributed by atoms with Crippen LogP contribution in [0.3, 0.4) is 0 Å². The number of benzene rings is 1. The number of nitrogens with one attached hydrogen (secondary N) is 1. The number of hydrogen-bond donors (Lipinski definition) is 1.